The number of H-pyrrole nitrogens is 2. The van der Waals surface area contributed by atoms with E-state index in [9.17, 15) is 18.0 Å². The van der Waals surface area contributed by atoms with Crippen LogP contribution in [-0.4, -0.2) is 27.0 Å². The fraction of sp³-hybridized carbons (Fsp3) is 0.214. The van der Waals surface area contributed by atoms with Gasteiger partial charge < -0.3 is 15.5 Å². The summed E-state index contributed by atoms with van der Waals surface area (Å²) in [7, 11) is 1.17. The molecular weight excluding hydrogens is 363 g/mol. The summed E-state index contributed by atoms with van der Waals surface area (Å²) in [6.07, 6.45) is -4.48. The average molecular weight is 376 g/mol. The van der Waals surface area contributed by atoms with Gasteiger partial charge in [-0.1, -0.05) is 6.07 Å². The van der Waals surface area contributed by atoms with Gasteiger partial charge in [-0.25, -0.2) is 4.98 Å². The topological polar surface area (TPSA) is 110 Å². The minimum absolute atomic E-state index is 0. The summed E-state index contributed by atoms with van der Waals surface area (Å²) in [5.74, 6) is -0.0528. The summed E-state index contributed by atoms with van der Waals surface area (Å²) < 4.78 is 43.9. The lowest BCUT2D eigenvalue weighted by Crippen LogP contribution is -2.10. The molecular formula is C14H13ClF3N5O2. The quantitative estimate of drug-likeness (QED) is 0.650. The number of aromatic amines is 2. The molecule has 0 saturated carbocycles. The molecule has 0 saturated heterocycles. The molecule has 0 aliphatic rings. The molecule has 3 aromatic rings. The third-order valence-corrected chi connectivity index (χ3v) is 3.37. The third-order valence-electron chi connectivity index (χ3n) is 3.37. The summed E-state index contributed by atoms with van der Waals surface area (Å²) in [4.78, 5) is 24.7. The van der Waals surface area contributed by atoms with Gasteiger partial charge in [0.15, 0.2) is 11.2 Å². The van der Waals surface area contributed by atoms with Crippen molar-refractivity contribution in [2.75, 3.05) is 12.8 Å². The average Bonchev–Trinajstić information content (AvgIpc) is 2.89. The van der Waals surface area contributed by atoms with Crippen LogP contribution < -0.4 is 16.0 Å². The minimum Gasteiger partial charge on any atom is -0.496 e. The Morgan fingerprint density at radius 2 is 1.96 bits per heavy atom. The molecule has 0 atom stereocenters. The number of hydrogen-bond acceptors (Lipinski definition) is 5. The molecule has 0 aliphatic heterocycles. The van der Waals surface area contributed by atoms with E-state index in [1.807, 2.05) is 0 Å². The van der Waals surface area contributed by atoms with Crippen LogP contribution in [0.3, 0.4) is 0 Å². The molecule has 3 rings (SSSR count). The number of fused-ring (bicyclic) bond motifs is 1. The second kappa shape index (κ2) is 6.63. The maximum Gasteiger partial charge on any atom is 0.419 e. The number of halogens is 4. The lowest BCUT2D eigenvalue weighted by atomic mass is 10.1. The van der Waals surface area contributed by atoms with Crippen LogP contribution in [0.15, 0.2) is 23.0 Å². The molecule has 0 unspecified atom stereocenters. The monoisotopic (exact) mass is 375 g/mol. The van der Waals surface area contributed by atoms with Crippen LogP contribution in [-0.2, 0) is 12.6 Å². The highest BCUT2D eigenvalue weighted by atomic mass is 35.5. The van der Waals surface area contributed by atoms with Crippen molar-refractivity contribution >= 4 is 29.5 Å². The lowest BCUT2D eigenvalue weighted by molar-refractivity contribution is -0.138. The fourth-order valence-electron chi connectivity index (χ4n) is 2.34. The van der Waals surface area contributed by atoms with E-state index < -0.39 is 17.3 Å². The summed E-state index contributed by atoms with van der Waals surface area (Å²) >= 11 is 0. The molecule has 25 heavy (non-hydrogen) atoms. The zero-order chi connectivity index (χ0) is 17.5. The number of aromatic nitrogens is 4. The third kappa shape index (κ3) is 3.68. The molecule has 0 radical (unpaired) electrons. The predicted octanol–water partition coefficient (Wildman–Crippen LogP) is 2.27. The zero-order valence-electron chi connectivity index (χ0n) is 12.8. The molecule has 0 amide bonds. The molecule has 0 fully saturated rings. The number of benzene rings is 1. The van der Waals surface area contributed by atoms with Crippen molar-refractivity contribution in [3.8, 4) is 5.75 Å². The van der Waals surface area contributed by atoms with Crippen LogP contribution in [0, 0.1) is 0 Å². The minimum atomic E-state index is -4.54. The van der Waals surface area contributed by atoms with Gasteiger partial charge in [-0.2, -0.15) is 18.2 Å². The highest BCUT2D eigenvalue weighted by Gasteiger charge is 2.34. The van der Waals surface area contributed by atoms with Gasteiger partial charge >= 0.3 is 6.18 Å². The van der Waals surface area contributed by atoms with Gasteiger partial charge in [0.05, 0.1) is 12.7 Å². The van der Waals surface area contributed by atoms with E-state index in [1.165, 1.54) is 19.2 Å². The number of methoxy groups -OCH3 is 1. The molecule has 0 bridgehead atoms. The molecule has 0 spiro atoms. The van der Waals surface area contributed by atoms with Gasteiger partial charge in [-0.3, -0.25) is 9.78 Å². The van der Waals surface area contributed by atoms with Crippen molar-refractivity contribution in [3.63, 3.8) is 0 Å². The van der Waals surface area contributed by atoms with Crippen LogP contribution in [0.1, 0.15) is 17.0 Å². The molecule has 1 aromatic carbocycles. The van der Waals surface area contributed by atoms with E-state index in [0.717, 1.165) is 6.07 Å². The first-order valence-electron chi connectivity index (χ1n) is 6.76. The number of hydrogen-bond donors (Lipinski definition) is 3. The van der Waals surface area contributed by atoms with Crippen molar-refractivity contribution in [2.45, 2.75) is 12.6 Å². The van der Waals surface area contributed by atoms with Crippen molar-refractivity contribution in [2.24, 2.45) is 0 Å². The van der Waals surface area contributed by atoms with Crippen molar-refractivity contribution in [1.82, 2.24) is 19.9 Å². The summed E-state index contributed by atoms with van der Waals surface area (Å²) in [6.45, 7) is 0. The second-order valence-electron chi connectivity index (χ2n) is 5.04. The van der Waals surface area contributed by atoms with Crippen LogP contribution in [0.2, 0.25) is 0 Å². The van der Waals surface area contributed by atoms with E-state index in [4.69, 9.17) is 10.5 Å². The fourth-order valence-corrected chi connectivity index (χ4v) is 2.34. The maximum atomic E-state index is 13.0. The summed E-state index contributed by atoms with van der Waals surface area (Å²) in [5, 5.41) is 0. The molecule has 134 valence electrons. The number of alkyl halides is 3. The van der Waals surface area contributed by atoms with Crippen molar-refractivity contribution in [1.29, 1.82) is 0 Å². The standard InChI is InChI=1S/C14H12F3N5O2.ClH/c1-24-8-3-2-6(4-7(8)14(15,16)17)5-9-19-10-11(20-9)21-13(18)22-12(10)23;/h2-4H,5H2,1H3,(H4,18,19,20,21,22,23);1H. The molecule has 4 N–H and O–H groups in total. The van der Waals surface area contributed by atoms with Gasteiger partial charge in [0.2, 0.25) is 5.95 Å². The van der Waals surface area contributed by atoms with Crippen LogP contribution >= 0.6 is 12.4 Å². The van der Waals surface area contributed by atoms with Crippen LogP contribution in [0.4, 0.5) is 19.1 Å². The summed E-state index contributed by atoms with van der Waals surface area (Å²) in [5.41, 5.74) is 4.63. The van der Waals surface area contributed by atoms with Crippen LogP contribution in [0.25, 0.3) is 11.2 Å². The van der Waals surface area contributed by atoms with E-state index in [-0.39, 0.29) is 41.7 Å². The maximum absolute atomic E-state index is 13.0. The highest BCUT2D eigenvalue weighted by molar-refractivity contribution is 5.85. The molecule has 0 aliphatic carbocycles. The number of ether oxygens (including phenoxy) is 1. The zero-order valence-corrected chi connectivity index (χ0v) is 13.6. The van der Waals surface area contributed by atoms with Gasteiger partial charge in [0.25, 0.3) is 5.56 Å². The van der Waals surface area contributed by atoms with E-state index in [2.05, 4.69) is 19.9 Å². The molecule has 11 heteroatoms. The second-order valence-corrected chi connectivity index (χ2v) is 5.04. The Balaban J connectivity index is 0.00000225. The smallest absolute Gasteiger partial charge is 0.419 e. The predicted molar refractivity (Wildman–Crippen MR) is 87.0 cm³/mol. The van der Waals surface area contributed by atoms with E-state index in [0.29, 0.717) is 11.4 Å². The molecule has 7 nitrogen and oxygen atoms in total. The normalized spacial score (nSPS) is 11.4. The summed E-state index contributed by atoms with van der Waals surface area (Å²) in [6, 6.07) is 3.72. The number of imidazole rings is 1. The van der Waals surface area contributed by atoms with Gasteiger partial charge in [0, 0.05) is 6.42 Å². The Bertz CT molecular complexity index is 967. The Labute approximate surface area is 144 Å². The SMILES string of the molecule is COc1ccc(Cc2nc3nc(N)[nH]c(=O)c3[nH]2)cc1C(F)(F)F.Cl. The first-order valence-corrected chi connectivity index (χ1v) is 6.76. The number of nitrogens with one attached hydrogen (secondary N) is 2. The van der Waals surface area contributed by atoms with Crippen LogP contribution in [0.5, 0.6) is 5.75 Å². The van der Waals surface area contributed by atoms with Crippen molar-refractivity contribution < 1.29 is 17.9 Å². The highest BCUT2D eigenvalue weighted by Crippen LogP contribution is 2.36. The van der Waals surface area contributed by atoms with E-state index in [1.54, 1.807) is 0 Å². The number of rotatable bonds is 3. The number of nitrogens with zero attached hydrogens (tertiary/aromatic N) is 2. The molecule has 2 aromatic heterocycles. The largest absolute Gasteiger partial charge is 0.496 e. The van der Waals surface area contributed by atoms with E-state index >= 15 is 0 Å². The Morgan fingerprint density at radius 1 is 1.24 bits per heavy atom. The lowest BCUT2D eigenvalue weighted by Gasteiger charge is -2.13. The Hall–Kier alpha value is -2.75. The Morgan fingerprint density at radius 3 is 2.60 bits per heavy atom. The van der Waals surface area contributed by atoms with Gasteiger partial charge in [-0.05, 0) is 17.7 Å². The number of nitrogen functional groups attached to an aromatic ring is 1. The van der Waals surface area contributed by atoms with Crippen molar-refractivity contribution in [3.05, 3.63) is 45.5 Å². The van der Waals surface area contributed by atoms with Gasteiger partial charge in [-0.15, -0.1) is 12.4 Å². The molecule has 2 heterocycles. The first kappa shape index (κ1) is 18.6. The van der Waals surface area contributed by atoms with Gasteiger partial charge in [0.1, 0.15) is 11.6 Å². The Kier molecular flexibility index (Phi) is 4.93. The number of nitrogens with two attached hydrogens (primary N) is 1. The number of anilines is 1. The first-order chi connectivity index (χ1) is 11.3.